The highest BCUT2D eigenvalue weighted by Crippen LogP contribution is 2.38. The lowest BCUT2D eigenvalue weighted by Crippen LogP contribution is -2.30. The van der Waals surface area contributed by atoms with Crippen molar-refractivity contribution in [2.45, 2.75) is 19.3 Å². The average Bonchev–Trinajstić information content (AvgIpc) is 2.63. The molecule has 1 amide bonds. The lowest BCUT2D eigenvalue weighted by molar-refractivity contribution is -0.384. The van der Waals surface area contributed by atoms with E-state index in [4.69, 9.17) is 23.2 Å². The zero-order valence-corrected chi connectivity index (χ0v) is 15.4. The zero-order chi connectivity index (χ0) is 18.7. The van der Waals surface area contributed by atoms with Crippen LogP contribution in [0.1, 0.15) is 29.6 Å². The summed E-state index contributed by atoms with van der Waals surface area (Å²) in [7, 11) is 0. The predicted octanol–water partition coefficient (Wildman–Crippen LogP) is 5.14. The first-order chi connectivity index (χ1) is 12.5. The summed E-state index contributed by atoms with van der Waals surface area (Å²) in [6, 6.07) is 9.39. The Hall–Kier alpha value is -2.31. The molecule has 0 saturated carbocycles. The van der Waals surface area contributed by atoms with Gasteiger partial charge in [-0.05, 0) is 43.5 Å². The number of benzene rings is 2. The van der Waals surface area contributed by atoms with Crippen LogP contribution in [0.2, 0.25) is 10.0 Å². The number of anilines is 2. The number of rotatable bonds is 4. The van der Waals surface area contributed by atoms with E-state index in [0.29, 0.717) is 22.0 Å². The number of carbonyl (C=O) groups excluding carboxylic acids is 1. The van der Waals surface area contributed by atoms with Gasteiger partial charge in [-0.1, -0.05) is 29.3 Å². The largest absolute Gasteiger partial charge is 0.366 e. The van der Waals surface area contributed by atoms with Gasteiger partial charge < -0.3 is 10.2 Å². The third-order valence-electron chi connectivity index (χ3n) is 4.29. The van der Waals surface area contributed by atoms with E-state index in [0.717, 1.165) is 32.4 Å². The van der Waals surface area contributed by atoms with E-state index in [1.54, 1.807) is 30.3 Å². The molecule has 0 unspecified atom stereocenters. The van der Waals surface area contributed by atoms with Gasteiger partial charge in [0.25, 0.3) is 11.6 Å². The third kappa shape index (κ3) is 4.08. The lowest BCUT2D eigenvalue weighted by Gasteiger charge is -2.29. The van der Waals surface area contributed by atoms with Crippen molar-refractivity contribution in [3.05, 3.63) is 62.1 Å². The number of piperidine rings is 1. The molecule has 0 bridgehead atoms. The number of nitro benzene ring substituents is 1. The highest BCUT2D eigenvalue weighted by Gasteiger charge is 2.24. The molecule has 1 aliphatic rings. The second-order valence-electron chi connectivity index (χ2n) is 6.09. The molecule has 0 aromatic heterocycles. The van der Waals surface area contributed by atoms with Crippen LogP contribution in [0.3, 0.4) is 0 Å². The molecule has 0 spiro atoms. The van der Waals surface area contributed by atoms with Crippen molar-refractivity contribution in [3.8, 4) is 0 Å². The van der Waals surface area contributed by atoms with Gasteiger partial charge in [-0.25, -0.2) is 0 Å². The molecule has 0 atom stereocenters. The molecule has 136 valence electrons. The van der Waals surface area contributed by atoms with Crippen LogP contribution in [0, 0.1) is 10.1 Å². The molecule has 6 nitrogen and oxygen atoms in total. The highest BCUT2D eigenvalue weighted by molar-refractivity contribution is 6.34. The maximum atomic E-state index is 12.4. The van der Waals surface area contributed by atoms with Crippen molar-refractivity contribution in [2.24, 2.45) is 0 Å². The summed E-state index contributed by atoms with van der Waals surface area (Å²) in [6.45, 7) is 1.48. The fraction of sp³-hybridized carbons (Fsp3) is 0.278. The second-order valence-corrected chi connectivity index (χ2v) is 6.93. The topological polar surface area (TPSA) is 75.5 Å². The maximum absolute atomic E-state index is 12.4. The van der Waals surface area contributed by atoms with Crippen LogP contribution in [0.15, 0.2) is 36.4 Å². The molecule has 2 aromatic rings. The molecule has 26 heavy (non-hydrogen) atoms. The Bertz CT molecular complexity index is 852. The van der Waals surface area contributed by atoms with Crippen LogP contribution in [-0.2, 0) is 0 Å². The molecule has 1 heterocycles. The molecule has 1 saturated heterocycles. The monoisotopic (exact) mass is 393 g/mol. The van der Waals surface area contributed by atoms with E-state index < -0.39 is 4.92 Å². The molecule has 0 radical (unpaired) electrons. The molecular formula is C18H17Cl2N3O3. The number of carbonyl (C=O) groups is 1. The minimum Gasteiger partial charge on any atom is -0.366 e. The normalized spacial score (nSPS) is 14.2. The molecule has 3 rings (SSSR count). The third-order valence-corrected chi connectivity index (χ3v) is 4.84. The van der Waals surface area contributed by atoms with Crippen molar-refractivity contribution in [2.75, 3.05) is 23.3 Å². The number of hydrogen-bond donors (Lipinski definition) is 1. The van der Waals surface area contributed by atoms with Crippen molar-refractivity contribution in [1.29, 1.82) is 0 Å². The fourth-order valence-electron chi connectivity index (χ4n) is 3.01. The predicted molar refractivity (Wildman–Crippen MR) is 104 cm³/mol. The SMILES string of the molecule is O=C(Nc1cc(N2CCCCC2)c([N+](=O)[O-])cc1Cl)c1cccc(Cl)c1. The zero-order valence-electron chi connectivity index (χ0n) is 13.9. The summed E-state index contributed by atoms with van der Waals surface area (Å²) >= 11 is 12.1. The highest BCUT2D eigenvalue weighted by atomic mass is 35.5. The first-order valence-corrected chi connectivity index (χ1v) is 9.01. The molecule has 1 N–H and O–H groups in total. The average molecular weight is 394 g/mol. The Morgan fingerprint density at radius 3 is 2.50 bits per heavy atom. The molecule has 8 heteroatoms. The molecule has 1 fully saturated rings. The lowest BCUT2D eigenvalue weighted by atomic mass is 10.1. The number of hydrogen-bond acceptors (Lipinski definition) is 4. The number of nitro groups is 1. The van der Waals surface area contributed by atoms with E-state index in [2.05, 4.69) is 5.32 Å². The Labute approximate surface area is 160 Å². The van der Waals surface area contributed by atoms with Crippen molar-refractivity contribution >= 4 is 46.2 Å². The first-order valence-electron chi connectivity index (χ1n) is 8.25. The van der Waals surface area contributed by atoms with Crippen molar-refractivity contribution in [3.63, 3.8) is 0 Å². The standard InChI is InChI=1S/C18H17Cl2N3O3/c19-13-6-4-5-12(9-13)18(24)21-15-11-16(22-7-2-1-3-8-22)17(23(25)26)10-14(15)20/h4-6,9-11H,1-3,7-8H2,(H,21,24). The van der Waals surface area contributed by atoms with Gasteiger partial charge in [-0.3, -0.25) is 14.9 Å². The van der Waals surface area contributed by atoms with E-state index in [1.807, 2.05) is 4.90 Å². The number of nitrogens with zero attached hydrogens (tertiary/aromatic N) is 2. The van der Waals surface area contributed by atoms with Crippen molar-refractivity contribution < 1.29 is 9.72 Å². The number of amides is 1. The summed E-state index contributed by atoms with van der Waals surface area (Å²) in [6.07, 6.45) is 3.06. The Morgan fingerprint density at radius 2 is 1.85 bits per heavy atom. The summed E-state index contributed by atoms with van der Waals surface area (Å²) in [4.78, 5) is 25.4. The van der Waals surface area contributed by atoms with Gasteiger partial charge >= 0.3 is 0 Å². The van der Waals surface area contributed by atoms with Crippen LogP contribution < -0.4 is 10.2 Å². The maximum Gasteiger partial charge on any atom is 0.294 e. The van der Waals surface area contributed by atoms with Gasteiger partial charge in [-0.15, -0.1) is 0 Å². The van der Waals surface area contributed by atoms with Crippen LogP contribution in [0.25, 0.3) is 0 Å². The summed E-state index contributed by atoms with van der Waals surface area (Å²) < 4.78 is 0. The summed E-state index contributed by atoms with van der Waals surface area (Å²) in [5.41, 5.74) is 1.13. The quantitative estimate of drug-likeness (QED) is 0.575. The van der Waals surface area contributed by atoms with Crippen molar-refractivity contribution in [1.82, 2.24) is 0 Å². The smallest absolute Gasteiger partial charge is 0.294 e. The van der Waals surface area contributed by atoms with E-state index in [-0.39, 0.29) is 16.6 Å². The minimum absolute atomic E-state index is 0.0577. The van der Waals surface area contributed by atoms with Gasteiger partial charge in [0.05, 0.1) is 15.6 Å². The Balaban J connectivity index is 1.94. The van der Waals surface area contributed by atoms with E-state index in [9.17, 15) is 14.9 Å². The minimum atomic E-state index is -0.446. The number of halogens is 2. The molecule has 2 aromatic carbocycles. The van der Waals surface area contributed by atoms with Gasteiger partial charge in [0.2, 0.25) is 0 Å². The van der Waals surface area contributed by atoms with Crippen LogP contribution in [0.5, 0.6) is 0 Å². The molecule has 1 aliphatic heterocycles. The fourth-order valence-corrected chi connectivity index (χ4v) is 3.40. The van der Waals surface area contributed by atoms with Gasteiger partial charge in [0.15, 0.2) is 0 Å². The number of nitrogens with one attached hydrogen (secondary N) is 1. The second kappa shape index (κ2) is 7.93. The van der Waals surface area contributed by atoms with Crippen LogP contribution in [0.4, 0.5) is 17.1 Å². The summed E-state index contributed by atoms with van der Waals surface area (Å²) in [5.74, 6) is -0.382. The summed E-state index contributed by atoms with van der Waals surface area (Å²) in [5, 5.41) is 14.7. The van der Waals surface area contributed by atoms with Gasteiger partial charge in [0.1, 0.15) is 5.69 Å². The molecular weight excluding hydrogens is 377 g/mol. The van der Waals surface area contributed by atoms with Crippen LogP contribution >= 0.6 is 23.2 Å². The first kappa shape index (κ1) is 18.5. The van der Waals surface area contributed by atoms with E-state index in [1.165, 1.54) is 6.07 Å². The van der Waals surface area contributed by atoms with Gasteiger partial charge in [-0.2, -0.15) is 0 Å². The van der Waals surface area contributed by atoms with E-state index >= 15 is 0 Å². The van der Waals surface area contributed by atoms with Gasteiger partial charge in [0, 0.05) is 29.7 Å². The van der Waals surface area contributed by atoms with Crippen LogP contribution in [-0.4, -0.2) is 23.9 Å². The Morgan fingerprint density at radius 1 is 1.12 bits per heavy atom. The Kier molecular flexibility index (Phi) is 5.64. The molecule has 0 aliphatic carbocycles.